The highest BCUT2D eigenvalue weighted by molar-refractivity contribution is 6.12. The van der Waals surface area contributed by atoms with Gasteiger partial charge in [-0.25, -0.2) is 0 Å². The van der Waals surface area contributed by atoms with Crippen molar-refractivity contribution in [3.8, 4) is 0 Å². The summed E-state index contributed by atoms with van der Waals surface area (Å²) in [6, 6.07) is 13.5. The molecule has 0 aliphatic carbocycles. The summed E-state index contributed by atoms with van der Waals surface area (Å²) in [5, 5.41) is 0. The third-order valence-corrected chi connectivity index (χ3v) is 4.67. The number of carbonyl (C=O) groups excluding carboxylic acids is 1. The molecule has 0 spiro atoms. The fourth-order valence-electron chi connectivity index (χ4n) is 3.11. The minimum Gasteiger partial charge on any atom is -0.398 e. The van der Waals surface area contributed by atoms with Gasteiger partial charge in [0.2, 0.25) is 0 Å². The van der Waals surface area contributed by atoms with E-state index in [2.05, 4.69) is 37.5 Å². The monoisotopic (exact) mass is 339 g/mol. The van der Waals surface area contributed by atoms with Gasteiger partial charge in [0.15, 0.2) is 5.78 Å². The number of hydrogen-bond donors (Lipinski definition) is 1. The highest BCUT2D eigenvalue weighted by atomic mass is 16.1. The van der Waals surface area contributed by atoms with Gasteiger partial charge in [-0.1, -0.05) is 0 Å². The molecule has 2 aromatic carbocycles. The van der Waals surface area contributed by atoms with Gasteiger partial charge in [-0.15, -0.1) is 0 Å². The molecule has 2 aromatic rings. The first kappa shape index (κ1) is 18.8. The molecule has 0 fully saturated rings. The molecule has 0 unspecified atom stereocenters. The molecule has 0 saturated heterocycles. The Morgan fingerprint density at radius 3 is 1.76 bits per heavy atom. The lowest BCUT2D eigenvalue weighted by Crippen LogP contribution is -2.22. The Morgan fingerprint density at radius 2 is 1.28 bits per heavy atom. The van der Waals surface area contributed by atoms with Crippen LogP contribution in [0.15, 0.2) is 42.5 Å². The lowest BCUT2D eigenvalue weighted by atomic mass is 10.0. The lowest BCUT2D eigenvalue weighted by molar-refractivity contribution is 0.103. The van der Waals surface area contributed by atoms with Crippen LogP contribution in [0, 0.1) is 0 Å². The van der Waals surface area contributed by atoms with Crippen LogP contribution in [-0.4, -0.2) is 32.0 Å². The van der Waals surface area contributed by atoms with Gasteiger partial charge in [0.05, 0.1) is 0 Å². The molecule has 134 valence electrons. The van der Waals surface area contributed by atoms with Gasteiger partial charge >= 0.3 is 0 Å². The first-order valence-corrected chi connectivity index (χ1v) is 9.09. The average molecular weight is 339 g/mol. The first-order chi connectivity index (χ1) is 12.0. The molecule has 0 bridgehead atoms. The molecule has 0 saturated carbocycles. The summed E-state index contributed by atoms with van der Waals surface area (Å²) >= 11 is 0. The third-order valence-electron chi connectivity index (χ3n) is 4.67. The van der Waals surface area contributed by atoms with Crippen molar-refractivity contribution >= 4 is 22.8 Å². The van der Waals surface area contributed by atoms with Gasteiger partial charge < -0.3 is 15.5 Å². The van der Waals surface area contributed by atoms with E-state index >= 15 is 0 Å². The number of nitrogens with zero attached hydrogens (tertiary/aromatic N) is 2. The zero-order valence-corrected chi connectivity index (χ0v) is 15.7. The van der Waals surface area contributed by atoms with E-state index < -0.39 is 0 Å². The number of nitrogens with two attached hydrogens (primary N) is 1. The summed E-state index contributed by atoms with van der Waals surface area (Å²) in [5.41, 5.74) is 10.1. The van der Waals surface area contributed by atoms with Gasteiger partial charge in [-0.05, 0) is 70.2 Å². The van der Waals surface area contributed by atoms with Crippen molar-refractivity contribution in [1.82, 2.24) is 0 Å². The summed E-state index contributed by atoms with van der Waals surface area (Å²) in [5.74, 6) is -0.0327. The van der Waals surface area contributed by atoms with Gasteiger partial charge in [-0.3, -0.25) is 4.79 Å². The number of carbonyl (C=O) groups is 1. The number of anilines is 3. The van der Waals surface area contributed by atoms with Crippen molar-refractivity contribution in [3.63, 3.8) is 0 Å². The van der Waals surface area contributed by atoms with E-state index in [-0.39, 0.29) is 5.78 Å². The highest BCUT2D eigenvalue weighted by Crippen LogP contribution is 2.24. The van der Waals surface area contributed by atoms with E-state index in [1.165, 1.54) is 0 Å². The van der Waals surface area contributed by atoms with Gasteiger partial charge in [0, 0.05) is 54.4 Å². The van der Waals surface area contributed by atoms with E-state index in [9.17, 15) is 4.79 Å². The first-order valence-electron chi connectivity index (χ1n) is 9.09. The normalized spacial score (nSPS) is 10.6. The molecule has 0 atom stereocenters. The third kappa shape index (κ3) is 4.13. The minimum atomic E-state index is -0.0327. The molecular weight excluding hydrogens is 310 g/mol. The zero-order valence-electron chi connectivity index (χ0n) is 15.7. The summed E-state index contributed by atoms with van der Waals surface area (Å²) in [6.07, 6.45) is 0. The van der Waals surface area contributed by atoms with Crippen LogP contribution in [0.4, 0.5) is 17.1 Å². The van der Waals surface area contributed by atoms with Crippen molar-refractivity contribution in [1.29, 1.82) is 0 Å². The summed E-state index contributed by atoms with van der Waals surface area (Å²) in [4.78, 5) is 17.3. The standard InChI is InChI=1S/C21H29N3O/c1-5-23(6-2)17-11-9-16(10-12-17)21(25)19-14-13-18(15-20(19)22)24(7-3)8-4/h9-15H,5-8,22H2,1-4H3. The Morgan fingerprint density at radius 1 is 0.800 bits per heavy atom. The molecule has 0 aromatic heterocycles. The molecule has 0 radical (unpaired) electrons. The molecule has 25 heavy (non-hydrogen) atoms. The Labute approximate surface area is 151 Å². The summed E-state index contributed by atoms with van der Waals surface area (Å²) < 4.78 is 0. The number of benzene rings is 2. The maximum atomic E-state index is 12.8. The van der Waals surface area contributed by atoms with E-state index in [1.807, 2.05) is 42.5 Å². The van der Waals surface area contributed by atoms with Gasteiger partial charge in [-0.2, -0.15) is 0 Å². The van der Waals surface area contributed by atoms with Crippen LogP contribution in [0.2, 0.25) is 0 Å². The quantitative estimate of drug-likeness (QED) is 0.579. The SMILES string of the molecule is CCN(CC)c1ccc(C(=O)c2ccc(N(CC)CC)cc2N)cc1. The topological polar surface area (TPSA) is 49.6 Å². The molecule has 4 nitrogen and oxygen atoms in total. The van der Waals surface area contributed by atoms with Gasteiger partial charge in [0.25, 0.3) is 0 Å². The molecule has 2 rings (SSSR count). The fourth-order valence-corrected chi connectivity index (χ4v) is 3.11. The average Bonchev–Trinajstić information content (AvgIpc) is 2.64. The van der Waals surface area contributed by atoms with Crippen LogP contribution in [0.1, 0.15) is 43.6 Å². The van der Waals surface area contributed by atoms with Crippen molar-refractivity contribution in [2.45, 2.75) is 27.7 Å². The molecule has 0 heterocycles. The molecule has 0 amide bonds. The Kier molecular flexibility index (Phi) is 6.45. The predicted octanol–water partition coefficient (Wildman–Crippen LogP) is 4.19. The molecule has 2 N–H and O–H groups in total. The zero-order chi connectivity index (χ0) is 18.4. The molecule has 4 heteroatoms. The maximum Gasteiger partial charge on any atom is 0.195 e. The van der Waals surface area contributed by atoms with Crippen molar-refractivity contribution in [2.24, 2.45) is 0 Å². The summed E-state index contributed by atoms with van der Waals surface area (Å²) in [7, 11) is 0. The Bertz CT molecular complexity index is 702. The van der Waals surface area contributed by atoms with Gasteiger partial charge in [0.1, 0.15) is 0 Å². The van der Waals surface area contributed by atoms with E-state index in [1.54, 1.807) is 0 Å². The highest BCUT2D eigenvalue weighted by Gasteiger charge is 2.14. The molecule has 0 aliphatic rings. The largest absolute Gasteiger partial charge is 0.398 e. The predicted molar refractivity (Wildman–Crippen MR) is 108 cm³/mol. The second kappa shape index (κ2) is 8.56. The van der Waals surface area contributed by atoms with Crippen molar-refractivity contribution in [2.75, 3.05) is 41.7 Å². The van der Waals surface area contributed by atoms with Crippen molar-refractivity contribution < 1.29 is 4.79 Å². The molecule has 0 aliphatic heterocycles. The number of rotatable bonds is 8. The van der Waals surface area contributed by atoms with Crippen molar-refractivity contribution in [3.05, 3.63) is 53.6 Å². The number of hydrogen-bond acceptors (Lipinski definition) is 4. The second-order valence-corrected chi connectivity index (χ2v) is 5.99. The minimum absolute atomic E-state index is 0.0327. The fraction of sp³-hybridized carbons (Fsp3) is 0.381. The van der Waals surface area contributed by atoms with Crippen LogP contribution >= 0.6 is 0 Å². The molecular formula is C21H29N3O. The van der Waals surface area contributed by atoms with Crippen LogP contribution in [0.25, 0.3) is 0 Å². The summed E-state index contributed by atoms with van der Waals surface area (Å²) in [6.45, 7) is 12.2. The van der Waals surface area contributed by atoms with E-state index in [0.29, 0.717) is 16.8 Å². The van der Waals surface area contributed by atoms with Crippen LogP contribution in [0.5, 0.6) is 0 Å². The second-order valence-electron chi connectivity index (χ2n) is 5.99. The lowest BCUT2D eigenvalue weighted by Gasteiger charge is -2.22. The van der Waals surface area contributed by atoms with Crippen LogP contribution in [-0.2, 0) is 0 Å². The Balaban J connectivity index is 2.25. The van der Waals surface area contributed by atoms with Crippen LogP contribution in [0.3, 0.4) is 0 Å². The van der Waals surface area contributed by atoms with E-state index in [4.69, 9.17) is 5.73 Å². The van der Waals surface area contributed by atoms with E-state index in [0.717, 1.165) is 37.6 Å². The smallest absolute Gasteiger partial charge is 0.195 e. The number of ketones is 1. The Hall–Kier alpha value is -2.49. The van der Waals surface area contributed by atoms with Crippen LogP contribution < -0.4 is 15.5 Å². The maximum absolute atomic E-state index is 12.8. The number of nitrogen functional groups attached to an aromatic ring is 1.